The lowest BCUT2D eigenvalue weighted by Crippen LogP contribution is -2.37. The highest BCUT2D eigenvalue weighted by atomic mass is 19.1. The second kappa shape index (κ2) is 5.23. The minimum atomic E-state index is -0.508. The van der Waals surface area contributed by atoms with Crippen molar-refractivity contribution in [3.8, 4) is 0 Å². The number of hydrogen-bond acceptors (Lipinski definition) is 4. The molecule has 1 atom stereocenters. The normalized spacial score (nSPS) is 11.9. The first-order valence-corrected chi connectivity index (χ1v) is 4.65. The largest absolute Gasteiger partial charge is 0.355 e. The molecule has 0 bridgehead atoms. The molecule has 0 aliphatic carbocycles. The monoisotopic (exact) mass is 212 g/mol. The lowest BCUT2D eigenvalue weighted by Gasteiger charge is -2.12. The zero-order chi connectivity index (χ0) is 11.3. The molecule has 1 aromatic heterocycles. The van der Waals surface area contributed by atoms with Gasteiger partial charge in [0.2, 0.25) is 11.9 Å². The van der Waals surface area contributed by atoms with Crippen LogP contribution < -0.4 is 10.6 Å². The molecule has 0 aliphatic rings. The maximum atomic E-state index is 12.5. The van der Waals surface area contributed by atoms with Crippen molar-refractivity contribution in [2.75, 3.05) is 11.9 Å². The van der Waals surface area contributed by atoms with E-state index in [1.165, 1.54) is 0 Å². The van der Waals surface area contributed by atoms with E-state index in [9.17, 15) is 9.18 Å². The number of halogens is 1. The summed E-state index contributed by atoms with van der Waals surface area (Å²) in [4.78, 5) is 18.7. The van der Waals surface area contributed by atoms with Gasteiger partial charge in [0.05, 0.1) is 12.4 Å². The van der Waals surface area contributed by atoms with E-state index < -0.39 is 11.9 Å². The van der Waals surface area contributed by atoms with Crippen molar-refractivity contribution in [1.82, 2.24) is 15.3 Å². The van der Waals surface area contributed by atoms with Gasteiger partial charge in [-0.25, -0.2) is 14.4 Å². The van der Waals surface area contributed by atoms with E-state index >= 15 is 0 Å². The second-order valence-corrected chi connectivity index (χ2v) is 2.99. The summed E-state index contributed by atoms with van der Waals surface area (Å²) in [6.07, 6.45) is 2.08. The minimum absolute atomic E-state index is 0.148. The Morgan fingerprint density at radius 2 is 2.13 bits per heavy atom. The number of aromatic nitrogens is 2. The first kappa shape index (κ1) is 11.4. The SMILES string of the molecule is CCNC(=O)C(C)Nc1ncc(F)cn1. The van der Waals surface area contributed by atoms with Crippen molar-refractivity contribution in [2.24, 2.45) is 0 Å². The van der Waals surface area contributed by atoms with E-state index in [1.807, 2.05) is 6.92 Å². The molecule has 15 heavy (non-hydrogen) atoms. The van der Waals surface area contributed by atoms with Crippen molar-refractivity contribution in [3.63, 3.8) is 0 Å². The molecular weight excluding hydrogens is 199 g/mol. The van der Waals surface area contributed by atoms with Crippen molar-refractivity contribution in [2.45, 2.75) is 19.9 Å². The maximum absolute atomic E-state index is 12.5. The highest BCUT2D eigenvalue weighted by Crippen LogP contribution is 2.00. The number of anilines is 1. The molecule has 1 rings (SSSR count). The first-order chi connectivity index (χ1) is 7.13. The quantitative estimate of drug-likeness (QED) is 0.765. The predicted octanol–water partition coefficient (Wildman–Crippen LogP) is 0.552. The smallest absolute Gasteiger partial charge is 0.242 e. The van der Waals surface area contributed by atoms with Gasteiger partial charge in [-0.2, -0.15) is 0 Å². The lowest BCUT2D eigenvalue weighted by atomic mass is 10.3. The topological polar surface area (TPSA) is 66.9 Å². The summed E-state index contributed by atoms with van der Waals surface area (Å²) >= 11 is 0. The molecule has 0 aromatic carbocycles. The fourth-order valence-electron chi connectivity index (χ4n) is 0.973. The average molecular weight is 212 g/mol. The fourth-order valence-corrected chi connectivity index (χ4v) is 0.973. The number of rotatable bonds is 4. The van der Waals surface area contributed by atoms with E-state index in [0.717, 1.165) is 12.4 Å². The number of carbonyl (C=O) groups excluding carboxylic acids is 1. The summed E-state index contributed by atoms with van der Waals surface area (Å²) in [7, 11) is 0. The van der Waals surface area contributed by atoms with Gasteiger partial charge in [0.1, 0.15) is 6.04 Å². The molecular formula is C9H13FN4O. The van der Waals surface area contributed by atoms with Crippen LogP contribution in [0.2, 0.25) is 0 Å². The molecule has 0 aliphatic heterocycles. The van der Waals surface area contributed by atoms with Gasteiger partial charge in [-0.3, -0.25) is 4.79 Å². The van der Waals surface area contributed by atoms with Gasteiger partial charge in [0.25, 0.3) is 0 Å². The molecule has 0 saturated carbocycles. The number of hydrogen-bond donors (Lipinski definition) is 2. The van der Waals surface area contributed by atoms with Gasteiger partial charge < -0.3 is 10.6 Å². The summed E-state index contributed by atoms with van der Waals surface area (Å²) in [6, 6.07) is -0.449. The van der Waals surface area contributed by atoms with E-state index in [4.69, 9.17) is 0 Å². The molecule has 1 unspecified atom stereocenters. The van der Waals surface area contributed by atoms with Crippen LogP contribution in [0, 0.1) is 5.82 Å². The Bertz CT molecular complexity index is 327. The van der Waals surface area contributed by atoms with Crippen LogP contribution >= 0.6 is 0 Å². The first-order valence-electron chi connectivity index (χ1n) is 4.65. The van der Waals surface area contributed by atoms with Crippen LogP contribution in [0.4, 0.5) is 10.3 Å². The van der Waals surface area contributed by atoms with Crippen LogP contribution in [0.3, 0.4) is 0 Å². The molecule has 0 saturated heterocycles. The minimum Gasteiger partial charge on any atom is -0.355 e. The molecule has 1 amide bonds. The molecule has 0 radical (unpaired) electrons. The van der Waals surface area contributed by atoms with E-state index in [1.54, 1.807) is 6.92 Å². The third kappa shape index (κ3) is 3.49. The Labute approximate surface area is 87.1 Å². The molecule has 0 fully saturated rings. The van der Waals surface area contributed by atoms with Crippen LogP contribution in [0.1, 0.15) is 13.8 Å². The molecule has 5 nitrogen and oxygen atoms in total. The highest BCUT2D eigenvalue weighted by molar-refractivity contribution is 5.83. The third-order valence-electron chi connectivity index (χ3n) is 1.71. The number of carbonyl (C=O) groups is 1. The van der Waals surface area contributed by atoms with E-state index in [-0.39, 0.29) is 11.9 Å². The number of nitrogens with one attached hydrogen (secondary N) is 2. The maximum Gasteiger partial charge on any atom is 0.242 e. The Balaban J connectivity index is 2.54. The zero-order valence-corrected chi connectivity index (χ0v) is 8.62. The molecule has 6 heteroatoms. The standard InChI is InChI=1S/C9H13FN4O/c1-3-11-8(15)6(2)14-9-12-4-7(10)5-13-9/h4-6H,3H2,1-2H3,(H,11,15)(H,12,13,14). The van der Waals surface area contributed by atoms with Gasteiger partial charge in [0, 0.05) is 6.54 Å². The summed E-state index contributed by atoms with van der Waals surface area (Å²) in [5.74, 6) is -0.424. The third-order valence-corrected chi connectivity index (χ3v) is 1.71. The summed E-state index contributed by atoms with van der Waals surface area (Å²) in [5.41, 5.74) is 0. The van der Waals surface area contributed by atoms with Gasteiger partial charge in [-0.05, 0) is 13.8 Å². The van der Waals surface area contributed by atoms with Crippen molar-refractivity contribution in [1.29, 1.82) is 0 Å². The van der Waals surface area contributed by atoms with Gasteiger partial charge in [-0.15, -0.1) is 0 Å². The Hall–Kier alpha value is -1.72. The van der Waals surface area contributed by atoms with Crippen LogP contribution in [0.15, 0.2) is 12.4 Å². The fraction of sp³-hybridized carbons (Fsp3) is 0.444. The highest BCUT2D eigenvalue weighted by Gasteiger charge is 2.12. The average Bonchev–Trinajstić information content (AvgIpc) is 2.22. The Kier molecular flexibility index (Phi) is 3.96. The summed E-state index contributed by atoms with van der Waals surface area (Å²) in [5, 5.41) is 5.40. The zero-order valence-electron chi connectivity index (χ0n) is 8.62. The number of likely N-dealkylation sites (N-methyl/N-ethyl adjacent to an activating group) is 1. The van der Waals surface area contributed by atoms with Gasteiger partial charge in [-0.1, -0.05) is 0 Å². The predicted molar refractivity (Wildman–Crippen MR) is 53.8 cm³/mol. The Morgan fingerprint density at radius 3 is 2.67 bits per heavy atom. The van der Waals surface area contributed by atoms with Crippen molar-refractivity contribution < 1.29 is 9.18 Å². The summed E-state index contributed by atoms with van der Waals surface area (Å²) < 4.78 is 12.5. The summed E-state index contributed by atoms with van der Waals surface area (Å²) in [6.45, 7) is 4.08. The number of nitrogens with zero attached hydrogens (tertiary/aromatic N) is 2. The van der Waals surface area contributed by atoms with Crippen LogP contribution in [0.5, 0.6) is 0 Å². The van der Waals surface area contributed by atoms with E-state index in [0.29, 0.717) is 6.54 Å². The molecule has 2 N–H and O–H groups in total. The Morgan fingerprint density at radius 1 is 1.53 bits per heavy atom. The second-order valence-electron chi connectivity index (χ2n) is 2.99. The number of amides is 1. The molecule has 82 valence electrons. The molecule has 1 aromatic rings. The van der Waals surface area contributed by atoms with Crippen molar-refractivity contribution in [3.05, 3.63) is 18.2 Å². The van der Waals surface area contributed by atoms with Gasteiger partial charge in [0.15, 0.2) is 5.82 Å². The van der Waals surface area contributed by atoms with Crippen LogP contribution in [0.25, 0.3) is 0 Å². The van der Waals surface area contributed by atoms with Crippen molar-refractivity contribution >= 4 is 11.9 Å². The van der Waals surface area contributed by atoms with E-state index in [2.05, 4.69) is 20.6 Å². The molecule has 1 heterocycles. The molecule has 0 spiro atoms. The lowest BCUT2D eigenvalue weighted by molar-refractivity contribution is -0.121. The van der Waals surface area contributed by atoms with Crippen LogP contribution in [-0.4, -0.2) is 28.5 Å². The van der Waals surface area contributed by atoms with Crippen LogP contribution in [-0.2, 0) is 4.79 Å². The van der Waals surface area contributed by atoms with Gasteiger partial charge >= 0.3 is 0 Å².